The fourth-order valence-electron chi connectivity index (χ4n) is 4.98. The highest BCUT2D eigenvalue weighted by molar-refractivity contribution is 5.96. The van der Waals surface area contributed by atoms with Crippen molar-refractivity contribution in [3.8, 4) is 23.1 Å². The van der Waals surface area contributed by atoms with Crippen molar-refractivity contribution < 1.29 is 50.5 Å². The molecule has 186 valence electrons. The van der Waals surface area contributed by atoms with E-state index in [0.717, 1.165) is 12.3 Å². The van der Waals surface area contributed by atoms with Crippen LogP contribution in [0.5, 0.6) is 23.1 Å². The van der Waals surface area contributed by atoms with Gasteiger partial charge in [-0.15, -0.1) is 22.0 Å². The third-order valence-corrected chi connectivity index (χ3v) is 6.10. The van der Waals surface area contributed by atoms with Crippen molar-refractivity contribution in [2.45, 2.75) is 43.9 Å². The van der Waals surface area contributed by atoms with Crippen molar-refractivity contribution >= 4 is 11.7 Å². The summed E-state index contributed by atoms with van der Waals surface area (Å²) in [5.41, 5.74) is -0.521. The first-order chi connectivity index (χ1) is 16.3. The summed E-state index contributed by atoms with van der Waals surface area (Å²) in [6.07, 6.45) is -5.64. The van der Waals surface area contributed by atoms with E-state index in [2.05, 4.69) is 24.5 Å². The molecule has 35 heavy (non-hydrogen) atoms. The van der Waals surface area contributed by atoms with Crippen molar-refractivity contribution in [2.75, 3.05) is 6.61 Å². The van der Waals surface area contributed by atoms with E-state index in [4.69, 9.17) is 4.74 Å². The number of hydrogen-bond donors (Lipinski definition) is 1. The molecule has 0 saturated heterocycles. The Morgan fingerprint density at radius 1 is 1.06 bits per heavy atom. The Morgan fingerprint density at radius 2 is 1.77 bits per heavy atom. The first kappa shape index (κ1) is 23.1. The minimum Gasteiger partial charge on any atom is -0.484 e. The normalized spacial score (nSPS) is 25.2. The molecule has 1 aromatic heterocycles. The number of rotatable bonds is 8. The molecule has 2 bridgehead atoms. The molecule has 3 aliphatic carbocycles. The lowest BCUT2D eigenvalue weighted by molar-refractivity contribution is -0.286. The maximum atomic E-state index is 13.1. The highest BCUT2D eigenvalue weighted by atomic mass is 19.4. The number of nitrogens with zero attached hydrogens (tertiary/aromatic N) is 1. The van der Waals surface area contributed by atoms with Crippen LogP contribution >= 0.6 is 0 Å². The highest BCUT2D eigenvalue weighted by Crippen LogP contribution is 2.69. The number of ketones is 1. The monoisotopic (exact) mass is 500 g/mol. The molecule has 1 N–H and O–H groups in total. The number of pyridine rings is 1. The molecular formula is C22H17F5N2O6. The zero-order chi connectivity index (χ0) is 25.1. The van der Waals surface area contributed by atoms with Gasteiger partial charge in [0, 0.05) is 35.9 Å². The molecule has 3 fully saturated rings. The highest BCUT2D eigenvalue weighted by Gasteiger charge is 2.68. The van der Waals surface area contributed by atoms with Gasteiger partial charge in [-0.25, -0.2) is 4.98 Å². The topological polar surface area (TPSA) is 96.0 Å². The first-order valence-corrected chi connectivity index (χ1v) is 10.4. The van der Waals surface area contributed by atoms with Gasteiger partial charge in [0.05, 0.1) is 0 Å². The number of halogens is 5. The number of carbonyl (C=O) groups is 2. The number of Topliss-reactive ketones (excluding diaryl/α,β-unsaturated/α-hetero) is 1. The third-order valence-electron chi connectivity index (χ3n) is 6.10. The maximum Gasteiger partial charge on any atom is 0.586 e. The van der Waals surface area contributed by atoms with E-state index in [1.807, 2.05) is 0 Å². The summed E-state index contributed by atoms with van der Waals surface area (Å²) in [6, 6.07) is 6.03. The summed E-state index contributed by atoms with van der Waals surface area (Å²) >= 11 is 0. The number of amides is 1. The van der Waals surface area contributed by atoms with Crippen molar-refractivity contribution in [3.63, 3.8) is 0 Å². The summed E-state index contributed by atoms with van der Waals surface area (Å²) < 4.78 is 80.5. The number of benzene rings is 1. The van der Waals surface area contributed by atoms with Crippen molar-refractivity contribution in [1.82, 2.24) is 10.3 Å². The van der Waals surface area contributed by atoms with Gasteiger partial charge in [-0.05, 0) is 42.9 Å². The molecule has 2 heterocycles. The van der Waals surface area contributed by atoms with Gasteiger partial charge in [0.2, 0.25) is 5.88 Å². The molecule has 1 aromatic carbocycles. The third kappa shape index (κ3) is 4.80. The Morgan fingerprint density at radius 3 is 2.43 bits per heavy atom. The molecular weight excluding hydrogens is 483 g/mol. The van der Waals surface area contributed by atoms with Crippen molar-refractivity contribution in [3.05, 3.63) is 42.1 Å². The van der Waals surface area contributed by atoms with E-state index in [9.17, 15) is 31.5 Å². The SMILES string of the molecule is O=C(COc1ccc2c(c1)OC(F)(F)O2)NC12CC(CC(=O)c3ccc(OC(F)(F)F)nc3)(C1)C2. The van der Waals surface area contributed by atoms with E-state index in [1.165, 1.54) is 24.3 Å². The lowest BCUT2D eigenvalue weighted by atomic mass is 9.38. The van der Waals surface area contributed by atoms with Crippen LogP contribution in [0.15, 0.2) is 36.5 Å². The zero-order valence-electron chi connectivity index (χ0n) is 17.8. The number of aromatic nitrogens is 1. The van der Waals surface area contributed by atoms with Gasteiger partial charge in [0.1, 0.15) is 5.75 Å². The second-order valence-corrected chi connectivity index (χ2v) is 8.96. The summed E-state index contributed by atoms with van der Waals surface area (Å²) in [5, 5.41) is 2.87. The average Bonchev–Trinajstić information content (AvgIpc) is 3.02. The zero-order valence-corrected chi connectivity index (χ0v) is 17.8. The quantitative estimate of drug-likeness (QED) is 0.433. The molecule has 3 saturated carbocycles. The number of ether oxygens (including phenoxy) is 4. The van der Waals surface area contributed by atoms with Crippen LogP contribution in [-0.2, 0) is 4.79 Å². The Labute approximate surface area is 194 Å². The number of nitrogens with one attached hydrogen (secondary N) is 1. The van der Waals surface area contributed by atoms with Crippen LogP contribution in [0.1, 0.15) is 36.0 Å². The van der Waals surface area contributed by atoms with Gasteiger partial charge in [-0.3, -0.25) is 9.59 Å². The Hall–Kier alpha value is -3.64. The van der Waals surface area contributed by atoms with E-state index >= 15 is 0 Å². The minimum atomic E-state index is -4.86. The van der Waals surface area contributed by atoms with Crippen LogP contribution in [0.2, 0.25) is 0 Å². The van der Waals surface area contributed by atoms with Crippen molar-refractivity contribution in [2.24, 2.45) is 5.41 Å². The Balaban J connectivity index is 1.07. The Kier molecular flexibility index (Phi) is 5.08. The van der Waals surface area contributed by atoms with Crippen LogP contribution < -0.4 is 24.3 Å². The molecule has 8 nitrogen and oxygen atoms in total. The summed E-state index contributed by atoms with van der Waals surface area (Å²) in [4.78, 5) is 28.3. The van der Waals surface area contributed by atoms with Crippen LogP contribution in [0.25, 0.3) is 0 Å². The second-order valence-electron chi connectivity index (χ2n) is 8.96. The predicted octanol–water partition coefficient (Wildman–Crippen LogP) is 3.99. The maximum absolute atomic E-state index is 13.1. The molecule has 4 aliphatic rings. The lowest BCUT2D eigenvalue weighted by Crippen LogP contribution is -2.75. The lowest BCUT2D eigenvalue weighted by Gasteiger charge is -2.70. The summed E-state index contributed by atoms with van der Waals surface area (Å²) in [5.74, 6) is -1.50. The number of carbonyl (C=O) groups excluding carboxylic acids is 2. The predicted molar refractivity (Wildman–Crippen MR) is 105 cm³/mol. The molecule has 0 atom stereocenters. The number of fused-ring (bicyclic) bond motifs is 1. The van der Waals surface area contributed by atoms with Gasteiger partial charge in [0.25, 0.3) is 5.91 Å². The second kappa shape index (κ2) is 7.68. The van der Waals surface area contributed by atoms with Crippen LogP contribution in [0, 0.1) is 5.41 Å². The fourth-order valence-corrected chi connectivity index (χ4v) is 4.98. The number of alkyl halides is 5. The Bertz CT molecular complexity index is 1160. The van der Waals surface area contributed by atoms with E-state index in [0.29, 0.717) is 19.3 Å². The summed E-state index contributed by atoms with van der Waals surface area (Å²) in [6.45, 7) is -0.346. The molecule has 0 spiro atoms. The molecule has 0 radical (unpaired) electrons. The molecule has 6 rings (SSSR count). The minimum absolute atomic E-state index is 0.137. The molecule has 0 unspecified atom stereocenters. The smallest absolute Gasteiger partial charge is 0.484 e. The standard InChI is InChI=1S/C22H17F5N2O6/c23-21(24,25)35-18-4-1-12(7-28-18)14(30)6-19-9-20(10-19,11-19)29-17(31)8-32-13-2-3-15-16(5-13)34-22(26,27)33-15/h1-5,7H,6,8-11H2,(H,29,31). The van der Waals surface area contributed by atoms with E-state index in [1.54, 1.807) is 0 Å². The van der Waals surface area contributed by atoms with E-state index < -0.39 is 30.0 Å². The van der Waals surface area contributed by atoms with Crippen molar-refractivity contribution in [1.29, 1.82) is 0 Å². The van der Waals surface area contributed by atoms with Crippen LogP contribution in [0.4, 0.5) is 22.0 Å². The molecule has 13 heteroatoms. The first-order valence-electron chi connectivity index (χ1n) is 10.4. The molecule has 1 amide bonds. The molecule has 1 aliphatic heterocycles. The van der Waals surface area contributed by atoms with Gasteiger partial charge in [0.15, 0.2) is 23.9 Å². The van der Waals surface area contributed by atoms with Gasteiger partial charge in [-0.2, -0.15) is 0 Å². The van der Waals surface area contributed by atoms with E-state index in [-0.39, 0.29) is 47.0 Å². The largest absolute Gasteiger partial charge is 0.586 e. The number of hydrogen-bond acceptors (Lipinski definition) is 7. The average molecular weight is 500 g/mol. The van der Waals surface area contributed by atoms with Gasteiger partial charge < -0.3 is 24.3 Å². The summed E-state index contributed by atoms with van der Waals surface area (Å²) in [7, 11) is 0. The van der Waals surface area contributed by atoms with Gasteiger partial charge in [-0.1, -0.05) is 0 Å². The van der Waals surface area contributed by atoms with Crippen LogP contribution in [0.3, 0.4) is 0 Å². The molecule has 2 aromatic rings. The van der Waals surface area contributed by atoms with Crippen LogP contribution in [-0.4, -0.2) is 41.5 Å². The fraction of sp³-hybridized carbons (Fsp3) is 0.409. The van der Waals surface area contributed by atoms with Gasteiger partial charge >= 0.3 is 12.7 Å².